The van der Waals surface area contributed by atoms with Crippen molar-refractivity contribution >= 4 is 8.07 Å². The van der Waals surface area contributed by atoms with Gasteiger partial charge in [0.2, 0.25) is 0 Å². The van der Waals surface area contributed by atoms with Crippen LogP contribution in [0, 0.1) is 0 Å². The van der Waals surface area contributed by atoms with Crippen molar-refractivity contribution in [2.24, 2.45) is 0 Å². The average molecular weight is 353 g/mol. The van der Waals surface area contributed by atoms with E-state index >= 15 is 0 Å². The third-order valence-corrected chi connectivity index (χ3v) is 14.0. The van der Waals surface area contributed by atoms with E-state index in [9.17, 15) is 15.3 Å². The zero-order valence-corrected chi connectivity index (χ0v) is 16.1. The molecular weight excluding hydrogens is 316 g/mol. The van der Waals surface area contributed by atoms with E-state index in [0.29, 0.717) is 0 Å². The third kappa shape index (κ3) is 3.27. The maximum absolute atomic E-state index is 10.9. The molecule has 0 spiro atoms. The molecule has 3 rings (SSSR count). The molecule has 3 fully saturated rings. The summed E-state index contributed by atoms with van der Waals surface area (Å²) in [6.07, 6.45) is 11.9. The van der Waals surface area contributed by atoms with Crippen molar-refractivity contribution in [2.75, 3.05) is 0 Å². The summed E-state index contributed by atoms with van der Waals surface area (Å²) in [6.45, 7) is 4.29. The van der Waals surface area contributed by atoms with Gasteiger partial charge >= 0.3 is 0 Å². The quantitative estimate of drug-likeness (QED) is 0.668. The van der Waals surface area contributed by atoms with Gasteiger partial charge in [-0.3, -0.25) is 0 Å². The number of aliphatic hydroxyl groups is 3. The van der Waals surface area contributed by atoms with Crippen molar-refractivity contribution in [3.8, 4) is 0 Å². The molecule has 6 unspecified atom stereocenters. The first-order valence-corrected chi connectivity index (χ1v) is 12.6. The van der Waals surface area contributed by atoms with Gasteiger partial charge in [-0.15, -0.1) is 12.3 Å². The number of aliphatic hydroxyl groups excluding tert-OH is 3. The van der Waals surface area contributed by atoms with Crippen LogP contribution in [0.15, 0.2) is 12.3 Å². The van der Waals surface area contributed by atoms with Crippen molar-refractivity contribution in [3.63, 3.8) is 0 Å². The van der Waals surface area contributed by atoms with Gasteiger partial charge in [0.1, 0.15) is 0 Å². The predicted octanol–water partition coefficient (Wildman–Crippen LogP) is 4.08. The fourth-order valence-electron chi connectivity index (χ4n) is 6.36. The van der Waals surface area contributed by atoms with E-state index in [1.54, 1.807) is 0 Å². The van der Waals surface area contributed by atoms with Crippen LogP contribution in [0.1, 0.15) is 77.0 Å². The van der Waals surface area contributed by atoms with Gasteiger partial charge in [-0.2, -0.15) is 0 Å². The van der Waals surface area contributed by atoms with Crippen LogP contribution in [0.25, 0.3) is 0 Å². The van der Waals surface area contributed by atoms with E-state index in [-0.39, 0.29) is 34.9 Å². The first kappa shape index (κ1) is 18.6. The van der Waals surface area contributed by atoms with Gasteiger partial charge in [0, 0.05) is 0 Å². The van der Waals surface area contributed by atoms with Crippen LogP contribution in [0.5, 0.6) is 0 Å². The maximum Gasteiger partial charge on any atom is 0.0939 e. The molecule has 3 nitrogen and oxygen atoms in total. The second kappa shape index (κ2) is 8.03. The second-order valence-electron chi connectivity index (χ2n) is 8.58. The summed E-state index contributed by atoms with van der Waals surface area (Å²) >= 11 is 0. The van der Waals surface area contributed by atoms with E-state index in [4.69, 9.17) is 0 Å². The van der Waals surface area contributed by atoms with E-state index < -0.39 is 8.07 Å². The molecule has 3 aliphatic rings. The van der Waals surface area contributed by atoms with Gasteiger partial charge in [-0.25, -0.2) is 0 Å². The summed E-state index contributed by atoms with van der Waals surface area (Å²) in [7, 11) is -2.24. The summed E-state index contributed by atoms with van der Waals surface area (Å²) in [5, 5.41) is 32.7. The highest BCUT2D eigenvalue weighted by molar-refractivity contribution is 6.88. The summed E-state index contributed by atoms with van der Waals surface area (Å²) in [5.41, 5.74) is 3.03. The van der Waals surface area contributed by atoms with Gasteiger partial charge < -0.3 is 15.3 Å². The minimum Gasteiger partial charge on any atom is -0.393 e. The number of rotatable bonds is 4. The van der Waals surface area contributed by atoms with Crippen molar-refractivity contribution in [2.45, 2.75) is 112 Å². The molecular formula is C20H36O3Si. The largest absolute Gasteiger partial charge is 0.393 e. The van der Waals surface area contributed by atoms with Crippen LogP contribution in [0.3, 0.4) is 0 Å². The highest BCUT2D eigenvalue weighted by Crippen LogP contribution is 2.57. The molecule has 3 saturated carbocycles. The molecule has 0 amide bonds. The molecule has 0 aromatic rings. The molecule has 0 heterocycles. The molecule has 0 aromatic heterocycles. The second-order valence-corrected chi connectivity index (χ2v) is 13.2. The standard InChI is InChI=1S/C20H36O3Si/c1-2-24(18-12-6-3-9-15(18)21,19-13-7-4-10-16(19)22)20-14-8-5-11-17(20)23/h2,15-23H,1,3-14H2. The zero-order chi connectivity index (χ0) is 17.2. The summed E-state index contributed by atoms with van der Waals surface area (Å²) in [4.78, 5) is 0. The Kier molecular flexibility index (Phi) is 6.23. The molecule has 6 atom stereocenters. The smallest absolute Gasteiger partial charge is 0.0939 e. The highest BCUT2D eigenvalue weighted by Gasteiger charge is 2.57. The Hall–Kier alpha value is -0.163. The van der Waals surface area contributed by atoms with E-state index in [1.165, 1.54) is 19.3 Å². The molecule has 4 heteroatoms. The Morgan fingerprint density at radius 1 is 0.583 bits per heavy atom. The Morgan fingerprint density at radius 3 is 1.12 bits per heavy atom. The number of hydrogen-bond acceptors (Lipinski definition) is 3. The lowest BCUT2D eigenvalue weighted by molar-refractivity contribution is 0.0942. The molecule has 3 aliphatic carbocycles. The molecule has 138 valence electrons. The van der Waals surface area contributed by atoms with E-state index in [1.807, 2.05) is 0 Å². The Morgan fingerprint density at radius 2 is 0.875 bits per heavy atom. The van der Waals surface area contributed by atoms with Crippen LogP contribution in [0.4, 0.5) is 0 Å². The van der Waals surface area contributed by atoms with Gasteiger partial charge in [0.15, 0.2) is 0 Å². The van der Waals surface area contributed by atoms with Gasteiger partial charge in [0.25, 0.3) is 0 Å². The Bertz CT molecular complexity index is 372. The average Bonchev–Trinajstić information content (AvgIpc) is 2.60. The van der Waals surface area contributed by atoms with Crippen molar-refractivity contribution in [1.82, 2.24) is 0 Å². The van der Waals surface area contributed by atoms with Crippen molar-refractivity contribution in [1.29, 1.82) is 0 Å². The zero-order valence-electron chi connectivity index (χ0n) is 15.1. The summed E-state index contributed by atoms with van der Waals surface area (Å²) in [6, 6.07) is 0. The van der Waals surface area contributed by atoms with Crippen molar-refractivity contribution in [3.05, 3.63) is 12.3 Å². The Labute approximate surface area is 148 Å². The number of hydrogen-bond donors (Lipinski definition) is 3. The van der Waals surface area contributed by atoms with Gasteiger partial charge in [0.05, 0.1) is 26.4 Å². The first-order valence-electron chi connectivity index (χ1n) is 10.3. The predicted molar refractivity (Wildman–Crippen MR) is 101 cm³/mol. The van der Waals surface area contributed by atoms with E-state index in [0.717, 1.165) is 57.8 Å². The SMILES string of the molecule is C=C[Si](C1CCCCC1O)(C1CCCCC1O)C1CCCCC1O. The molecule has 0 aromatic carbocycles. The molecule has 3 N–H and O–H groups in total. The fraction of sp³-hybridized carbons (Fsp3) is 0.900. The minimum absolute atomic E-state index is 0.258. The third-order valence-electron chi connectivity index (χ3n) is 7.47. The fourth-order valence-corrected chi connectivity index (χ4v) is 13.5. The monoisotopic (exact) mass is 352 g/mol. The van der Waals surface area contributed by atoms with Gasteiger partial charge in [-0.1, -0.05) is 57.8 Å². The van der Waals surface area contributed by atoms with E-state index in [2.05, 4.69) is 12.3 Å². The summed E-state index contributed by atoms with van der Waals surface area (Å²) < 4.78 is 0. The van der Waals surface area contributed by atoms with Crippen LogP contribution in [-0.2, 0) is 0 Å². The molecule has 0 aliphatic heterocycles. The Balaban J connectivity index is 2.01. The maximum atomic E-state index is 10.9. The summed E-state index contributed by atoms with van der Waals surface area (Å²) in [5.74, 6) is 0. The van der Waals surface area contributed by atoms with Crippen LogP contribution in [-0.4, -0.2) is 41.7 Å². The first-order chi connectivity index (χ1) is 11.6. The van der Waals surface area contributed by atoms with Gasteiger partial charge in [-0.05, 0) is 35.9 Å². The lowest BCUT2D eigenvalue weighted by Gasteiger charge is -2.55. The molecule has 0 saturated heterocycles. The lowest BCUT2D eigenvalue weighted by atomic mass is 9.95. The lowest BCUT2D eigenvalue weighted by Crippen LogP contribution is -2.58. The van der Waals surface area contributed by atoms with Crippen LogP contribution in [0.2, 0.25) is 16.6 Å². The molecule has 0 bridgehead atoms. The van der Waals surface area contributed by atoms with Crippen LogP contribution < -0.4 is 0 Å². The topological polar surface area (TPSA) is 60.7 Å². The minimum atomic E-state index is -2.24. The van der Waals surface area contributed by atoms with Crippen molar-refractivity contribution < 1.29 is 15.3 Å². The highest BCUT2D eigenvalue weighted by atomic mass is 28.3. The molecule has 0 radical (unpaired) electrons. The van der Waals surface area contributed by atoms with Crippen LogP contribution >= 0.6 is 0 Å². The molecule has 24 heavy (non-hydrogen) atoms. The normalized spacial score (nSPS) is 43.8.